The van der Waals surface area contributed by atoms with Crippen LogP contribution in [0.5, 0.6) is 11.5 Å². The van der Waals surface area contributed by atoms with Gasteiger partial charge in [-0.25, -0.2) is 13.8 Å². The summed E-state index contributed by atoms with van der Waals surface area (Å²) in [5, 5.41) is 4.04. The lowest BCUT2D eigenvalue weighted by Gasteiger charge is -2.24. The predicted octanol–water partition coefficient (Wildman–Crippen LogP) is 8.36. The first kappa shape index (κ1) is 35.4. The number of ether oxygens (including phenoxy) is 2. The van der Waals surface area contributed by atoms with Gasteiger partial charge in [-0.15, -0.1) is 0 Å². The molecule has 0 aliphatic heterocycles. The van der Waals surface area contributed by atoms with Gasteiger partial charge in [0.15, 0.2) is 11.5 Å². The van der Waals surface area contributed by atoms with Crippen LogP contribution in [0, 0.1) is 0 Å². The quantitative estimate of drug-likeness (QED) is 0.122. The Bertz CT molecular complexity index is 1880. The third-order valence-corrected chi connectivity index (χ3v) is 9.63. The summed E-state index contributed by atoms with van der Waals surface area (Å²) in [6, 6.07) is 17.8. The minimum Gasteiger partial charge on any atom is -0.493 e. The van der Waals surface area contributed by atoms with E-state index >= 15 is 0 Å². The summed E-state index contributed by atoms with van der Waals surface area (Å²) in [5.74, 6) is -0.241. The monoisotopic (exact) mass is 777 g/mol. The fraction of sp³-hybridized carbons (Fsp3) is 0.133. The number of hydrogen-bond donors (Lipinski definition) is 1. The Morgan fingerprint density at radius 1 is 0.978 bits per heavy atom. The zero-order valence-electron chi connectivity index (χ0n) is 23.5. The fourth-order valence-corrected chi connectivity index (χ4v) is 6.56. The van der Waals surface area contributed by atoms with E-state index < -0.39 is 44.9 Å². The molecule has 46 heavy (non-hydrogen) atoms. The molecule has 0 aliphatic carbocycles. The maximum Gasteiger partial charge on any atom is 0.417 e. The van der Waals surface area contributed by atoms with Crippen LogP contribution in [-0.4, -0.2) is 34.2 Å². The number of sulfonamides is 1. The average molecular weight is 780 g/mol. The SMILES string of the molecule is COc1cc(/C=N\NC(=O)CN(c2ccc(Cl)c(C(F)(F)F)c2)S(=O)(=O)c2ccccc2)cc(Br)c1OCc1ccc(Cl)c(Cl)c1. The summed E-state index contributed by atoms with van der Waals surface area (Å²) >= 11 is 21.2. The van der Waals surface area contributed by atoms with Gasteiger partial charge in [-0.3, -0.25) is 9.10 Å². The van der Waals surface area contributed by atoms with Crippen LogP contribution in [0.3, 0.4) is 0 Å². The van der Waals surface area contributed by atoms with E-state index in [0.29, 0.717) is 42.0 Å². The number of nitrogens with one attached hydrogen (secondary N) is 1. The zero-order chi connectivity index (χ0) is 33.6. The van der Waals surface area contributed by atoms with Crippen molar-refractivity contribution in [3.63, 3.8) is 0 Å². The van der Waals surface area contributed by atoms with Gasteiger partial charge in [0, 0.05) is 0 Å². The lowest BCUT2D eigenvalue weighted by atomic mass is 10.2. The van der Waals surface area contributed by atoms with E-state index in [4.69, 9.17) is 44.3 Å². The number of nitrogens with zero attached hydrogens (tertiary/aromatic N) is 2. The number of methoxy groups -OCH3 is 1. The minimum atomic E-state index is -4.87. The number of benzene rings is 4. The number of rotatable bonds is 11. The van der Waals surface area contributed by atoms with E-state index in [1.54, 1.807) is 36.4 Å². The second-order valence-electron chi connectivity index (χ2n) is 9.35. The molecule has 0 bridgehead atoms. The van der Waals surface area contributed by atoms with Crippen molar-refractivity contribution >= 4 is 78.6 Å². The smallest absolute Gasteiger partial charge is 0.417 e. The van der Waals surface area contributed by atoms with Crippen molar-refractivity contribution in [1.29, 1.82) is 0 Å². The van der Waals surface area contributed by atoms with Crippen LogP contribution < -0.4 is 19.2 Å². The van der Waals surface area contributed by atoms with Crippen molar-refractivity contribution in [3.8, 4) is 11.5 Å². The molecule has 0 spiro atoms. The summed E-state index contributed by atoms with van der Waals surface area (Å²) in [6.45, 7) is -0.752. The Morgan fingerprint density at radius 3 is 2.33 bits per heavy atom. The maximum absolute atomic E-state index is 13.6. The van der Waals surface area contributed by atoms with Gasteiger partial charge in [-0.2, -0.15) is 18.3 Å². The molecule has 242 valence electrons. The molecule has 0 heterocycles. The van der Waals surface area contributed by atoms with Crippen molar-refractivity contribution in [1.82, 2.24) is 5.43 Å². The van der Waals surface area contributed by atoms with Crippen LogP contribution >= 0.6 is 50.7 Å². The summed E-state index contributed by atoms with van der Waals surface area (Å²) in [4.78, 5) is 12.7. The molecule has 0 unspecified atom stereocenters. The van der Waals surface area contributed by atoms with Crippen molar-refractivity contribution < 1.29 is 35.9 Å². The predicted molar refractivity (Wildman–Crippen MR) is 175 cm³/mol. The Morgan fingerprint density at radius 2 is 1.67 bits per heavy atom. The highest BCUT2D eigenvalue weighted by Crippen LogP contribution is 2.39. The van der Waals surface area contributed by atoms with E-state index in [-0.39, 0.29) is 11.5 Å². The molecule has 0 fully saturated rings. The average Bonchev–Trinajstić information content (AvgIpc) is 3.01. The van der Waals surface area contributed by atoms with Gasteiger partial charge in [-0.1, -0.05) is 59.1 Å². The van der Waals surface area contributed by atoms with E-state index in [9.17, 15) is 26.4 Å². The summed E-state index contributed by atoms with van der Waals surface area (Å²) < 4.78 is 80.0. The molecular formula is C30H22BrCl3F3N3O5S. The Hall–Kier alpha value is -3.49. The highest BCUT2D eigenvalue weighted by molar-refractivity contribution is 9.10. The number of amides is 1. The fourth-order valence-electron chi connectivity index (χ4n) is 4.00. The van der Waals surface area contributed by atoms with Crippen LogP contribution in [0.15, 0.2) is 93.3 Å². The molecule has 4 rings (SSSR count). The third-order valence-electron chi connectivity index (χ3n) is 6.18. The molecule has 4 aromatic carbocycles. The van der Waals surface area contributed by atoms with Crippen LogP contribution in [0.2, 0.25) is 15.1 Å². The van der Waals surface area contributed by atoms with Gasteiger partial charge >= 0.3 is 6.18 Å². The maximum atomic E-state index is 13.6. The number of carbonyl (C=O) groups is 1. The zero-order valence-corrected chi connectivity index (χ0v) is 28.2. The highest BCUT2D eigenvalue weighted by Gasteiger charge is 2.35. The number of anilines is 1. The van der Waals surface area contributed by atoms with Crippen LogP contribution in [0.1, 0.15) is 16.7 Å². The molecule has 0 radical (unpaired) electrons. The molecule has 0 aromatic heterocycles. The van der Waals surface area contributed by atoms with Crippen LogP contribution in [-0.2, 0) is 27.6 Å². The molecule has 1 amide bonds. The van der Waals surface area contributed by atoms with E-state index in [1.165, 1.54) is 37.6 Å². The van der Waals surface area contributed by atoms with Gasteiger partial charge < -0.3 is 9.47 Å². The lowest BCUT2D eigenvalue weighted by molar-refractivity contribution is -0.137. The van der Waals surface area contributed by atoms with Crippen molar-refractivity contribution in [3.05, 3.63) is 115 Å². The number of hydrazone groups is 1. The van der Waals surface area contributed by atoms with E-state index in [0.717, 1.165) is 17.7 Å². The minimum absolute atomic E-state index is 0.149. The van der Waals surface area contributed by atoms with Gasteiger partial charge in [0.2, 0.25) is 0 Å². The number of alkyl halides is 3. The highest BCUT2D eigenvalue weighted by atomic mass is 79.9. The molecular weight excluding hydrogens is 758 g/mol. The molecule has 4 aromatic rings. The molecule has 0 saturated carbocycles. The van der Waals surface area contributed by atoms with Gasteiger partial charge in [0.25, 0.3) is 15.9 Å². The first-order valence-electron chi connectivity index (χ1n) is 12.9. The first-order chi connectivity index (χ1) is 21.7. The van der Waals surface area contributed by atoms with E-state index in [1.807, 2.05) is 0 Å². The largest absolute Gasteiger partial charge is 0.493 e. The summed E-state index contributed by atoms with van der Waals surface area (Å²) in [6.07, 6.45) is -3.62. The van der Waals surface area contributed by atoms with Gasteiger partial charge in [0.1, 0.15) is 13.2 Å². The number of carbonyl (C=O) groups excluding carboxylic acids is 1. The van der Waals surface area contributed by atoms with E-state index in [2.05, 4.69) is 26.5 Å². The van der Waals surface area contributed by atoms with Crippen molar-refractivity contribution in [2.75, 3.05) is 18.0 Å². The second-order valence-corrected chi connectivity index (χ2v) is 13.3. The molecule has 1 N–H and O–H groups in total. The topological polar surface area (TPSA) is 97.3 Å². The standard InChI is InChI=1S/C30H22BrCl3F3N3O5S/c1-44-27-13-19(11-23(31)29(27)45-17-18-7-9-25(33)26(34)12-18)15-38-39-28(41)16-40(46(42,43)21-5-3-2-4-6-21)20-8-10-24(32)22(14-20)30(35,36)37/h2-15H,16-17H2,1H3,(H,39,41)/b38-15-. The van der Waals surface area contributed by atoms with Crippen LogP contribution in [0.25, 0.3) is 0 Å². The van der Waals surface area contributed by atoms with Crippen LogP contribution in [0.4, 0.5) is 18.9 Å². The van der Waals surface area contributed by atoms with Gasteiger partial charge in [-0.05, 0) is 81.7 Å². The molecule has 0 atom stereocenters. The number of halogens is 7. The molecule has 16 heteroatoms. The first-order valence-corrected chi connectivity index (χ1v) is 16.3. The molecule has 0 aliphatic rings. The Balaban J connectivity index is 1.53. The molecule has 0 saturated heterocycles. The Kier molecular flexibility index (Phi) is 11.5. The van der Waals surface area contributed by atoms with Crippen molar-refractivity contribution in [2.45, 2.75) is 17.7 Å². The normalized spacial score (nSPS) is 11.8. The second kappa shape index (κ2) is 14.9. The lowest BCUT2D eigenvalue weighted by Crippen LogP contribution is -2.39. The summed E-state index contributed by atoms with van der Waals surface area (Å²) in [7, 11) is -3.06. The Labute approximate surface area is 285 Å². The summed E-state index contributed by atoms with van der Waals surface area (Å²) in [5.41, 5.74) is 1.73. The molecule has 8 nitrogen and oxygen atoms in total. The number of hydrogen-bond acceptors (Lipinski definition) is 6. The third kappa shape index (κ3) is 8.65. The van der Waals surface area contributed by atoms with Crippen molar-refractivity contribution in [2.24, 2.45) is 5.10 Å². The van der Waals surface area contributed by atoms with Gasteiger partial charge in [0.05, 0.1) is 49.0 Å².